The maximum absolute atomic E-state index is 14.2. The highest BCUT2D eigenvalue weighted by molar-refractivity contribution is 7.93. The van der Waals surface area contributed by atoms with Gasteiger partial charge in [-0.1, -0.05) is 32.0 Å². The van der Waals surface area contributed by atoms with Crippen molar-refractivity contribution in [1.29, 1.82) is 0 Å². The van der Waals surface area contributed by atoms with E-state index in [1.54, 1.807) is 69.3 Å². The minimum atomic E-state index is -6.06. The third kappa shape index (κ3) is 5.41. The van der Waals surface area contributed by atoms with Crippen molar-refractivity contribution in [2.45, 2.75) is 58.7 Å². The van der Waals surface area contributed by atoms with Crippen LogP contribution in [0.25, 0.3) is 16.6 Å². The molecule has 0 N–H and O–H groups in total. The molecule has 1 aromatic heterocycles. The minimum Gasteiger partial charge on any atom is -0.497 e. The van der Waals surface area contributed by atoms with Gasteiger partial charge in [-0.2, -0.15) is 21.6 Å². The summed E-state index contributed by atoms with van der Waals surface area (Å²) in [5.74, 6) is -1.74. The Morgan fingerprint density at radius 3 is 2.05 bits per heavy atom. The summed E-state index contributed by atoms with van der Waals surface area (Å²) in [5.41, 5.74) is -5.64. The molecule has 3 aromatic rings. The van der Waals surface area contributed by atoms with Crippen LogP contribution in [0.15, 0.2) is 48.5 Å². The number of esters is 1. The number of carbonyl (C=O) groups excluding carboxylic acids is 1. The van der Waals surface area contributed by atoms with Crippen molar-refractivity contribution in [1.82, 2.24) is 4.57 Å². The van der Waals surface area contributed by atoms with Crippen LogP contribution in [0.1, 0.15) is 40.2 Å². The first-order chi connectivity index (χ1) is 17.0. The molecule has 37 heavy (non-hydrogen) atoms. The highest BCUT2D eigenvalue weighted by atomic mass is 32.2. The lowest BCUT2D eigenvalue weighted by molar-refractivity contribution is -0.157. The predicted molar refractivity (Wildman–Crippen MR) is 136 cm³/mol. The number of anilines is 1. The molecule has 0 saturated heterocycles. The Labute approximate surface area is 214 Å². The molecule has 2 aromatic carbocycles. The van der Waals surface area contributed by atoms with Crippen LogP contribution in [-0.4, -0.2) is 43.2 Å². The lowest BCUT2D eigenvalue weighted by Crippen LogP contribution is -2.54. The Kier molecular flexibility index (Phi) is 7.61. The standard InChI is InChI=1S/C26H31F3N2O5S/c1-16(2)22(24(32)36-25(4,5)6)31(37(33,34)26(27,28)29)23-17(3)20-10-8-9-11-21(20)30(23)18-12-14-19(35-7)15-13-18/h8-16,22H,1-7H3/t22-/m0/s1. The molecule has 11 heteroatoms. The third-order valence-corrected chi connectivity index (χ3v) is 7.22. The molecule has 0 radical (unpaired) electrons. The van der Waals surface area contributed by atoms with E-state index in [-0.39, 0.29) is 15.7 Å². The number of methoxy groups -OCH3 is 1. The van der Waals surface area contributed by atoms with Gasteiger partial charge < -0.3 is 9.47 Å². The van der Waals surface area contributed by atoms with E-state index in [2.05, 4.69) is 0 Å². The number of hydrogen-bond acceptors (Lipinski definition) is 5. The molecule has 0 saturated carbocycles. The molecule has 0 aliphatic heterocycles. The molecule has 0 unspecified atom stereocenters. The zero-order chi connectivity index (χ0) is 27.9. The second-order valence-corrected chi connectivity index (χ2v) is 11.8. The summed E-state index contributed by atoms with van der Waals surface area (Å²) in [7, 11) is -4.59. The molecule has 7 nitrogen and oxygen atoms in total. The summed E-state index contributed by atoms with van der Waals surface area (Å²) in [4.78, 5) is 13.3. The number of hydrogen-bond donors (Lipinski definition) is 0. The highest BCUT2D eigenvalue weighted by Crippen LogP contribution is 2.42. The summed E-state index contributed by atoms with van der Waals surface area (Å²) < 4.78 is 81.3. The normalized spacial score (nSPS) is 13.6. The Hall–Kier alpha value is -3.21. The Morgan fingerprint density at radius 2 is 1.57 bits per heavy atom. The van der Waals surface area contributed by atoms with Crippen molar-refractivity contribution >= 4 is 32.7 Å². The molecule has 0 bridgehead atoms. The lowest BCUT2D eigenvalue weighted by Gasteiger charge is -2.36. The molecule has 3 rings (SSSR count). The van der Waals surface area contributed by atoms with Gasteiger partial charge in [0.05, 0.1) is 12.6 Å². The van der Waals surface area contributed by atoms with Gasteiger partial charge >= 0.3 is 21.5 Å². The summed E-state index contributed by atoms with van der Waals surface area (Å²) in [6.07, 6.45) is 0. The summed E-state index contributed by atoms with van der Waals surface area (Å²) >= 11 is 0. The Balaban J connectivity index is 2.47. The largest absolute Gasteiger partial charge is 0.516 e. The number of aromatic nitrogens is 1. The van der Waals surface area contributed by atoms with Crippen LogP contribution in [0, 0.1) is 12.8 Å². The molecule has 0 amide bonds. The maximum atomic E-state index is 14.2. The van der Waals surface area contributed by atoms with E-state index in [0.717, 1.165) is 0 Å². The Morgan fingerprint density at radius 1 is 1.00 bits per heavy atom. The maximum Gasteiger partial charge on any atom is 0.516 e. The lowest BCUT2D eigenvalue weighted by atomic mass is 10.0. The molecule has 1 heterocycles. The van der Waals surface area contributed by atoms with Gasteiger partial charge in [0, 0.05) is 16.6 Å². The predicted octanol–water partition coefficient (Wildman–Crippen LogP) is 5.97. The van der Waals surface area contributed by atoms with Gasteiger partial charge in [-0.3, -0.25) is 4.57 Å². The zero-order valence-corrected chi connectivity index (χ0v) is 22.6. The SMILES string of the molecule is COc1ccc(-n2c(N([C@H](C(=O)OC(C)(C)C)C(C)C)S(=O)(=O)C(F)(F)F)c(C)c3ccccc32)cc1. The number of halogens is 3. The number of aryl methyl sites for hydroxylation is 1. The van der Waals surface area contributed by atoms with Crippen LogP contribution >= 0.6 is 0 Å². The number of alkyl halides is 3. The van der Waals surface area contributed by atoms with Crippen LogP contribution in [0.2, 0.25) is 0 Å². The number of para-hydroxylation sites is 1. The van der Waals surface area contributed by atoms with E-state index in [1.165, 1.54) is 32.4 Å². The quantitative estimate of drug-likeness (QED) is 0.345. The van der Waals surface area contributed by atoms with E-state index in [0.29, 0.717) is 22.3 Å². The van der Waals surface area contributed by atoms with Gasteiger partial charge in [0.25, 0.3) is 0 Å². The van der Waals surface area contributed by atoms with Crippen molar-refractivity contribution in [2.75, 3.05) is 11.4 Å². The smallest absolute Gasteiger partial charge is 0.497 e. The van der Waals surface area contributed by atoms with Crippen LogP contribution in [-0.2, 0) is 19.6 Å². The average molecular weight is 541 g/mol. The van der Waals surface area contributed by atoms with Crippen LogP contribution in [0.5, 0.6) is 5.75 Å². The number of nitrogens with zero attached hydrogens (tertiary/aromatic N) is 2. The van der Waals surface area contributed by atoms with Gasteiger partial charge in [0.2, 0.25) is 0 Å². The number of benzene rings is 2. The molecule has 1 atom stereocenters. The van der Waals surface area contributed by atoms with E-state index in [1.807, 2.05) is 0 Å². The molecule has 0 aliphatic carbocycles. The minimum absolute atomic E-state index is 0.186. The number of sulfonamides is 1. The molecule has 0 fully saturated rings. The number of fused-ring (bicyclic) bond motifs is 1. The fraction of sp³-hybridized carbons (Fsp3) is 0.423. The molecule has 0 spiro atoms. The van der Waals surface area contributed by atoms with E-state index >= 15 is 0 Å². The van der Waals surface area contributed by atoms with Crippen molar-refractivity contribution < 1.29 is 35.9 Å². The third-order valence-electron chi connectivity index (χ3n) is 5.72. The van der Waals surface area contributed by atoms with E-state index in [4.69, 9.17) is 9.47 Å². The van der Waals surface area contributed by atoms with Crippen molar-refractivity contribution in [3.8, 4) is 11.4 Å². The number of carbonyl (C=O) groups is 1. The van der Waals surface area contributed by atoms with Crippen molar-refractivity contribution in [3.63, 3.8) is 0 Å². The topological polar surface area (TPSA) is 77.8 Å². The second kappa shape index (κ2) is 9.92. The van der Waals surface area contributed by atoms with E-state index in [9.17, 15) is 26.4 Å². The van der Waals surface area contributed by atoms with Crippen molar-refractivity contribution in [3.05, 3.63) is 54.1 Å². The number of ether oxygens (including phenoxy) is 2. The van der Waals surface area contributed by atoms with Gasteiger partial charge in [-0.15, -0.1) is 0 Å². The summed E-state index contributed by atoms with van der Waals surface area (Å²) in [6, 6.07) is 11.4. The molecule has 202 valence electrons. The van der Waals surface area contributed by atoms with Crippen LogP contribution in [0.4, 0.5) is 19.0 Å². The highest BCUT2D eigenvalue weighted by Gasteiger charge is 2.56. The number of rotatable bonds is 7. The van der Waals surface area contributed by atoms with Crippen LogP contribution < -0.4 is 9.04 Å². The fourth-order valence-corrected chi connectivity index (χ4v) is 5.45. The van der Waals surface area contributed by atoms with Gasteiger partial charge in [0.1, 0.15) is 23.2 Å². The summed E-state index contributed by atoms with van der Waals surface area (Å²) in [5, 5.41) is 0.530. The second-order valence-electron chi connectivity index (χ2n) is 9.97. The first kappa shape index (κ1) is 28.4. The first-order valence-corrected chi connectivity index (χ1v) is 13.0. The van der Waals surface area contributed by atoms with E-state index < -0.39 is 39.1 Å². The first-order valence-electron chi connectivity index (χ1n) is 11.6. The monoisotopic (exact) mass is 540 g/mol. The van der Waals surface area contributed by atoms with Crippen molar-refractivity contribution in [2.24, 2.45) is 5.92 Å². The molecule has 0 aliphatic rings. The van der Waals surface area contributed by atoms with Gasteiger partial charge in [-0.05, 0) is 63.9 Å². The molecular formula is C26H31F3N2O5S. The summed E-state index contributed by atoms with van der Waals surface area (Å²) in [6.45, 7) is 9.16. The molecular weight excluding hydrogens is 509 g/mol. The van der Waals surface area contributed by atoms with Crippen LogP contribution in [0.3, 0.4) is 0 Å². The van der Waals surface area contributed by atoms with Gasteiger partial charge in [-0.25, -0.2) is 9.10 Å². The fourth-order valence-electron chi connectivity index (χ4n) is 4.15. The average Bonchev–Trinajstić information content (AvgIpc) is 3.07. The Bertz CT molecular complexity index is 1390. The van der Waals surface area contributed by atoms with Gasteiger partial charge in [0.15, 0.2) is 0 Å². The zero-order valence-electron chi connectivity index (χ0n) is 21.8.